The number of hydrogen-bond donors (Lipinski definition) is 4. The fourth-order valence-corrected chi connectivity index (χ4v) is 2.59. The molecule has 3 aromatic rings. The molecule has 3 rings (SSSR count). The third-order valence-corrected chi connectivity index (χ3v) is 4.12. The van der Waals surface area contributed by atoms with Gasteiger partial charge in [0, 0.05) is 27.8 Å². The smallest absolute Gasteiger partial charge is 0.275 e. The van der Waals surface area contributed by atoms with E-state index in [2.05, 4.69) is 28.7 Å². The summed E-state index contributed by atoms with van der Waals surface area (Å²) in [5.41, 5.74) is 4.33. The van der Waals surface area contributed by atoms with E-state index in [4.69, 9.17) is 10.3 Å². The first kappa shape index (κ1) is 19.8. The zero-order valence-electron chi connectivity index (χ0n) is 15.5. The topological polar surface area (TPSA) is 107 Å². The van der Waals surface area contributed by atoms with Crippen LogP contribution in [0.4, 0.5) is 0 Å². The Morgan fingerprint density at radius 3 is 2.69 bits per heavy atom. The van der Waals surface area contributed by atoms with Crippen molar-refractivity contribution in [2.75, 3.05) is 6.61 Å². The molecule has 0 fully saturated rings. The average Bonchev–Trinajstić information content (AvgIpc) is 2.75. The van der Waals surface area contributed by atoms with Crippen molar-refractivity contribution in [1.82, 2.24) is 10.5 Å². The van der Waals surface area contributed by atoms with Gasteiger partial charge in [-0.2, -0.15) is 0 Å². The second kappa shape index (κ2) is 8.85. The van der Waals surface area contributed by atoms with Gasteiger partial charge in [-0.3, -0.25) is 15.2 Å². The van der Waals surface area contributed by atoms with Crippen molar-refractivity contribution in [3.63, 3.8) is 0 Å². The molecule has 4 N–H and O–H groups in total. The van der Waals surface area contributed by atoms with Gasteiger partial charge >= 0.3 is 0 Å². The van der Waals surface area contributed by atoms with E-state index in [-0.39, 0.29) is 18.1 Å². The van der Waals surface area contributed by atoms with E-state index < -0.39 is 5.91 Å². The molecule has 2 heterocycles. The molecule has 1 amide bonds. The van der Waals surface area contributed by atoms with E-state index in [9.17, 15) is 10.0 Å². The molecule has 0 radical (unpaired) electrons. The number of amides is 1. The van der Waals surface area contributed by atoms with Crippen LogP contribution in [0, 0.1) is 29.6 Å². The summed E-state index contributed by atoms with van der Waals surface area (Å²) in [6.45, 7) is 1.81. The number of fused-ring (bicyclic) bond motifs is 1. The Labute approximate surface area is 167 Å². The quantitative estimate of drug-likeness (QED) is 0.179. The van der Waals surface area contributed by atoms with Crippen molar-refractivity contribution >= 4 is 16.8 Å². The standard InChI is InChI=1S/C22H17N3O4/c1-15(14-26)4-2-3-5-16-6-8-17(9-7-16)21-12-18(22(27)24-28)19-13-25(29)11-10-20(19)23-21/h6-13,15,26H,14H2,1H3,(H2-,23,24,27,28,29)/p+1. The summed E-state index contributed by atoms with van der Waals surface area (Å²) in [6.07, 6.45) is 2.74. The third kappa shape index (κ3) is 4.69. The van der Waals surface area contributed by atoms with Crippen molar-refractivity contribution in [3.05, 3.63) is 59.9 Å². The predicted octanol–water partition coefficient (Wildman–Crippen LogP) is 1.53. The minimum Gasteiger partial charge on any atom is -0.395 e. The monoisotopic (exact) mass is 388 g/mol. The molecule has 29 heavy (non-hydrogen) atoms. The van der Waals surface area contributed by atoms with E-state index in [1.54, 1.807) is 11.5 Å². The Bertz CT molecular complexity index is 1180. The van der Waals surface area contributed by atoms with Gasteiger partial charge in [0.25, 0.3) is 5.91 Å². The van der Waals surface area contributed by atoms with Crippen molar-refractivity contribution < 1.29 is 25.0 Å². The molecule has 1 unspecified atom stereocenters. The predicted molar refractivity (Wildman–Crippen MR) is 105 cm³/mol. The molecular formula is C22H18N3O4+. The normalized spacial score (nSPS) is 11.0. The average molecular weight is 388 g/mol. The Balaban J connectivity index is 1.96. The van der Waals surface area contributed by atoms with Crippen LogP contribution in [0.15, 0.2) is 48.8 Å². The van der Waals surface area contributed by atoms with Crippen LogP contribution in [0.5, 0.6) is 0 Å². The lowest BCUT2D eigenvalue weighted by Crippen LogP contribution is -2.29. The number of benzene rings is 1. The van der Waals surface area contributed by atoms with Crippen LogP contribution in [0.2, 0.25) is 0 Å². The number of hydrogen-bond acceptors (Lipinski definition) is 5. The summed E-state index contributed by atoms with van der Waals surface area (Å²) in [7, 11) is 0. The summed E-state index contributed by atoms with van der Waals surface area (Å²) in [6, 6.07) is 10.4. The summed E-state index contributed by atoms with van der Waals surface area (Å²) in [4.78, 5) is 16.6. The number of carbonyl (C=O) groups is 1. The van der Waals surface area contributed by atoms with E-state index >= 15 is 0 Å². The molecule has 0 aliphatic carbocycles. The molecule has 0 saturated carbocycles. The molecule has 1 atom stereocenters. The van der Waals surface area contributed by atoms with Gasteiger partial charge in [-0.05, 0) is 37.0 Å². The first-order chi connectivity index (χ1) is 14.0. The van der Waals surface area contributed by atoms with E-state index in [1.165, 1.54) is 18.5 Å². The van der Waals surface area contributed by atoms with E-state index in [1.807, 2.05) is 31.2 Å². The van der Waals surface area contributed by atoms with Gasteiger partial charge in [0.2, 0.25) is 12.4 Å². The van der Waals surface area contributed by atoms with Gasteiger partial charge in [0.15, 0.2) is 0 Å². The molecule has 7 heteroatoms. The van der Waals surface area contributed by atoms with E-state index in [0.717, 1.165) is 15.9 Å². The number of carbonyl (C=O) groups excluding carboxylic acids is 1. The second-order valence-electron chi connectivity index (χ2n) is 6.30. The summed E-state index contributed by atoms with van der Waals surface area (Å²) < 4.78 is 0.815. The number of nitrogens with zero attached hydrogens (tertiary/aromatic N) is 2. The molecule has 0 aliphatic rings. The maximum Gasteiger partial charge on any atom is 0.275 e. The molecule has 0 bridgehead atoms. The number of rotatable bonds is 3. The largest absolute Gasteiger partial charge is 0.395 e. The van der Waals surface area contributed by atoms with Crippen LogP contribution in [-0.4, -0.2) is 33.0 Å². The van der Waals surface area contributed by atoms with Crippen LogP contribution in [0.1, 0.15) is 22.8 Å². The van der Waals surface area contributed by atoms with Crippen LogP contribution >= 0.6 is 0 Å². The summed E-state index contributed by atoms with van der Waals surface area (Å²) >= 11 is 0. The lowest BCUT2D eigenvalue weighted by atomic mass is 10.0. The van der Waals surface area contributed by atoms with Crippen molar-refractivity contribution in [1.29, 1.82) is 0 Å². The van der Waals surface area contributed by atoms with Gasteiger partial charge in [0.05, 0.1) is 28.8 Å². The molecule has 1 aromatic carbocycles. The summed E-state index contributed by atoms with van der Waals surface area (Å²) in [5, 5.41) is 28.0. The molecule has 2 aromatic heterocycles. The highest BCUT2D eigenvalue weighted by Crippen LogP contribution is 2.24. The van der Waals surface area contributed by atoms with Crippen LogP contribution in [0.3, 0.4) is 0 Å². The van der Waals surface area contributed by atoms with Crippen LogP contribution < -0.4 is 10.2 Å². The molecule has 0 saturated heterocycles. The third-order valence-electron chi connectivity index (χ3n) is 4.12. The maximum absolute atomic E-state index is 12.1. The number of hydroxylamine groups is 1. The second-order valence-corrected chi connectivity index (χ2v) is 6.30. The van der Waals surface area contributed by atoms with Crippen molar-refractivity contribution in [2.45, 2.75) is 6.92 Å². The minimum absolute atomic E-state index is 0.00324. The maximum atomic E-state index is 12.1. The van der Waals surface area contributed by atoms with Crippen LogP contribution in [-0.2, 0) is 0 Å². The van der Waals surface area contributed by atoms with Gasteiger partial charge in [-0.25, -0.2) is 10.5 Å². The Kier molecular flexibility index (Phi) is 6.06. The molecule has 0 spiro atoms. The lowest BCUT2D eigenvalue weighted by molar-refractivity contribution is -0.904. The first-order valence-electron chi connectivity index (χ1n) is 8.74. The minimum atomic E-state index is -0.706. The molecular weight excluding hydrogens is 370 g/mol. The Morgan fingerprint density at radius 2 is 2.00 bits per heavy atom. The Morgan fingerprint density at radius 1 is 1.24 bits per heavy atom. The fourth-order valence-electron chi connectivity index (χ4n) is 2.59. The molecule has 144 valence electrons. The molecule has 0 aliphatic heterocycles. The molecule has 7 nitrogen and oxygen atoms in total. The zero-order chi connectivity index (χ0) is 20.8. The van der Waals surface area contributed by atoms with Crippen molar-refractivity contribution in [2.24, 2.45) is 5.92 Å². The van der Waals surface area contributed by atoms with Gasteiger partial charge in [0.1, 0.15) is 0 Å². The Hall–Kier alpha value is -3.91. The number of aliphatic hydroxyl groups is 1. The number of aliphatic hydroxyl groups excluding tert-OH is 1. The van der Waals surface area contributed by atoms with E-state index in [0.29, 0.717) is 16.6 Å². The first-order valence-corrected chi connectivity index (χ1v) is 8.74. The highest BCUT2D eigenvalue weighted by molar-refractivity contribution is 6.06. The van der Waals surface area contributed by atoms with Crippen molar-refractivity contribution in [3.8, 4) is 34.9 Å². The SMILES string of the molecule is CC(C#CC#Cc1ccc(-c2cc(C(=O)NO)c3c[n+](O)ccc3n2)cc1)CO. The highest BCUT2D eigenvalue weighted by atomic mass is 16.5. The number of nitrogens with one attached hydrogen (secondary N) is 1. The lowest BCUT2D eigenvalue weighted by Gasteiger charge is -2.07. The highest BCUT2D eigenvalue weighted by Gasteiger charge is 2.16. The van der Waals surface area contributed by atoms with Gasteiger partial charge in [-0.1, -0.05) is 24.0 Å². The number of aromatic nitrogens is 2. The number of pyridine rings is 2. The fraction of sp³-hybridized carbons (Fsp3) is 0.136. The van der Waals surface area contributed by atoms with Crippen LogP contribution in [0.25, 0.3) is 22.2 Å². The van der Waals surface area contributed by atoms with Gasteiger partial charge in [-0.15, -0.1) is 0 Å². The summed E-state index contributed by atoms with van der Waals surface area (Å²) in [5.74, 6) is 10.4. The zero-order valence-corrected chi connectivity index (χ0v) is 15.5. The van der Waals surface area contributed by atoms with Gasteiger partial charge < -0.3 is 5.11 Å².